The van der Waals surface area contributed by atoms with Gasteiger partial charge in [-0.3, -0.25) is 5.43 Å². The summed E-state index contributed by atoms with van der Waals surface area (Å²) in [5.74, 6) is 0. The molecule has 3 heteroatoms. The van der Waals surface area contributed by atoms with Gasteiger partial charge in [-0.05, 0) is 6.92 Å². The molecule has 0 aromatic heterocycles. The van der Waals surface area contributed by atoms with Crippen LogP contribution in [0.1, 0.15) is 6.92 Å². The Kier molecular flexibility index (Phi) is 4.99. The Morgan fingerprint density at radius 3 is 2.93 bits per heavy atom. The van der Waals surface area contributed by atoms with Gasteiger partial charge in [-0.2, -0.15) is 0 Å². The molecular weight excluding hydrogens is 188 g/mol. The molecule has 1 aromatic rings. The Balaban J connectivity index is 2.36. The first-order valence-corrected chi connectivity index (χ1v) is 4.76. The average molecular weight is 202 g/mol. The third-order valence-electron chi connectivity index (χ3n) is 1.63. The van der Waals surface area contributed by atoms with Gasteiger partial charge in [0.15, 0.2) is 6.10 Å². The molecule has 0 aliphatic heterocycles. The maximum atomic E-state index is 5.25. The first kappa shape index (κ1) is 11.3. The fourth-order valence-corrected chi connectivity index (χ4v) is 0.912. The Hall–Kier alpha value is -1.79. The molecule has 0 fully saturated rings. The van der Waals surface area contributed by atoms with Crippen LogP contribution in [0.2, 0.25) is 0 Å². The summed E-state index contributed by atoms with van der Waals surface area (Å²) >= 11 is 0. The van der Waals surface area contributed by atoms with E-state index >= 15 is 0 Å². The minimum Gasteiger partial charge on any atom is -0.355 e. The zero-order chi connectivity index (χ0) is 10.9. The van der Waals surface area contributed by atoms with Crippen molar-refractivity contribution < 1.29 is 4.74 Å². The van der Waals surface area contributed by atoms with Crippen LogP contribution in [0.5, 0.6) is 0 Å². The number of rotatable bonds is 4. The lowest BCUT2D eigenvalue weighted by atomic mass is 10.3. The average Bonchev–Trinajstić information content (AvgIpc) is 2.28. The molecule has 15 heavy (non-hydrogen) atoms. The van der Waals surface area contributed by atoms with E-state index in [4.69, 9.17) is 4.74 Å². The molecule has 1 aromatic carbocycles. The first-order valence-electron chi connectivity index (χ1n) is 4.76. The number of hydrogen-bond acceptors (Lipinski definition) is 1. The highest BCUT2D eigenvalue weighted by molar-refractivity contribution is 5.49. The van der Waals surface area contributed by atoms with Crippen molar-refractivity contribution >= 4 is 5.69 Å². The number of benzene rings is 1. The van der Waals surface area contributed by atoms with Gasteiger partial charge < -0.3 is 4.74 Å². The van der Waals surface area contributed by atoms with Gasteiger partial charge >= 0.3 is 6.07 Å². The van der Waals surface area contributed by atoms with E-state index in [1.54, 1.807) is 6.08 Å². The van der Waals surface area contributed by atoms with Gasteiger partial charge in [0.1, 0.15) is 0 Å². The quantitative estimate of drug-likeness (QED) is 0.542. The van der Waals surface area contributed by atoms with E-state index in [9.17, 15) is 0 Å². The van der Waals surface area contributed by atoms with Crippen LogP contribution in [0.4, 0.5) is 5.69 Å². The maximum Gasteiger partial charge on any atom is 0.303 e. The molecule has 0 aliphatic rings. The zero-order valence-electron chi connectivity index (χ0n) is 8.76. The molecule has 0 aliphatic carbocycles. The fourth-order valence-electron chi connectivity index (χ4n) is 0.912. The maximum absolute atomic E-state index is 5.25. The molecule has 0 N–H and O–H groups in total. The van der Waals surface area contributed by atoms with Crippen molar-refractivity contribution in [2.24, 2.45) is 0 Å². The second-order valence-corrected chi connectivity index (χ2v) is 2.93. The van der Waals surface area contributed by atoms with Crippen LogP contribution in [0.15, 0.2) is 43.0 Å². The predicted molar refractivity (Wildman–Crippen MR) is 62.3 cm³/mol. The van der Waals surface area contributed by atoms with E-state index in [2.05, 4.69) is 23.0 Å². The molecule has 0 saturated heterocycles. The summed E-state index contributed by atoms with van der Waals surface area (Å²) in [7, 11) is 0. The Bertz CT molecular complexity index is 351. The molecule has 0 amide bonds. The molecule has 0 spiro atoms. The van der Waals surface area contributed by atoms with Gasteiger partial charge in [-0.15, -0.1) is 6.58 Å². The van der Waals surface area contributed by atoms with Crippen LogP contribution < -0.4 is 0 Å². The molecule has 1 atom stereocenters. The monoisotopic (exact) mass is 202 g/mol. The second-order valence-electron chi connectivity index (χ2n) is 2.93. The lowest BCUT2D eigenvalue weighted by Gasteiger charge is -2.00. The van der Waals surface area contributed by atoms with Gasteiger partial charge in [0.25, 0.3) is 0 Å². The fraction of sp³-hybridized carbons (Fsp3) is 0.250. The Morgan fingerprint density at radius 2 is 2.27 bits per heavy atom. The van der Waals surface area contributed by atoms with Crippen molar-refractivity contribution in [2.45, 2.75) is 13.0 Å². The number of ether oxygens (including phenoxy) is 1. The summed E-state index contributed by atoms with van der Waals surface area (Å²) in [4.78, 5) is 3.81. The van der Waals surface area contributed by atoms with Crippen LogP contribution in [-0.2, 0) is 4.74 Å². The highest BCUT2D eigenvalue weighted by Crippen LogP contribution is 2.16. The molecular formula is C12H14N2O. The van der Waals surface area contributed by atoms with Crippen LogP contribution in [-0.4, -0.2) is 12.7 Å². The summed E-state index contributed by atoms with van der Waals surface area (Å²) in [6.45, 7) is 5.90. The van der Waals surface area contributed by atoms with E-state index < -0.39 is 0 Å². The predicted octanol–water partition coefficient (Wildman–Crippen LogP) is 3.53. The molecule has 3 nitrogen and oxygen atoms in total. The molecule has 1 rings (SSSR count). The summed E-state index contributed by atoms with van der Waals surface area (Å²) in [6, 6.07) is 12.3. The van der Waals surface area contributed by atoms with Crippen LogP contribution in [0, 0.1) is 6.07 Å². The summed E-state index contributed by atoms with van der Waals surface area (Å²) in [6.07, 6.45) is 1.52. The smallest absolute Gasteiger partial charge is 0.303 e. The SMILES string of the molecule is C=CCO[C@@H](C)C#[N+][N-]c1ccccc1. The van der Waals surface area contributed by atoms with E-state index in [1.807, 2.05) is 37.3 Å². The Morgan fingerprint density at radius 1 is 1.53 bits per heavy atom. The van der Waals surface area contributed by atoms with Gasteiger partial charge in [0.2, 0.25) is 0 Å². The van der Waals surface area contributed by atoms with Crippen molar-refractivity contribution in [3.8, 4) is 6.07 Å². The molecule has 0 unspecified atom stereocenters. The topological polar surface area (TPSA) is 27.7 Å². The molecule has 0 heterocycles. The molecule has 0 radical (unpaired) electrons. The zero-order valence-corrected chi connectivity index (χ0v) is 8.76. The summed E-state index contributed by atoms with van der Waals surface area (Å²) in [5, 5.41) is 0. The number of nitrogens with zero attached hydrogens (tertiary/aromatic N) is 2. The standard InChI is InChI=1S/C12H14N2O/c1-3-9-15-11(2)10-13-14-12-7-5-4-6-8-12/h3-8,11H,1,9H2,2H3/t11-/m0/s1. The van der Waals surface area contributed by atoms with Gasteiger partial charge in [0.05, 0.1) is 6.61 Å². The molecule has 78 valence electrons. The van der Waals surface area contributed by atoms with Gasteiger partial charge in [-0.1, -0.05) is 47.0 Å². The van der Waals surface area contributed by atoms with Gasteiger partial charge in [-0.25, -0.2) is 0 Å². The van der Waals surface area contributed by atoms with Gasteiger partial charge in [0, 0.05) is 0 Å². The van der Waals surface area contributed by atoms with Crippen molar-refractivity contribution in [1.29, 1.82) is 0 Å². The highest BCUT2D eigenvalue weighted by atomic mass is 16.5. The highest BCUT2D eigenvalue weighted by Gasteiger charge is 2.00. The second kappa shape index (κ2) is 6.63. The largest absolute Gasteiger partial charge is 0.355 e. The van der Waals surface area contributed by atoms with E-state index in [1.165, 1.54) is 0 Å². The van der Waals surface area contributed by atoms with Crippen molar-refractivity contribution in [2.75, 3.05) is 6.61 Å². The lowest BCUT2D eigenvalue weighted by molar-refractivity contribution is 0.129. The van der Waals surface area contributed by atoms with Crippen LogP contribution >= 0.6 is 0 Å². The van der Waals surface area contributed by atoms with Crippen molar-refractivity contribution in [3.05, 3.63) is 53.4 Å². The minimum absolute atomic E-state index is 0.171. The Labute approximate surface area is 90.2 Å². The van der Waals surface area contributed by atoms with Crippen molar-refractivity contribution in [3.63, 3.8) is 0 Å². The third-order valence-corrected chi connectivity index (χ3v) is 1.63. The normalized spacial score (nSPS) is 11.0. The van der Waals surface area contributed by atoms with E-state index in [0.29, 0.717) is 6.61 Å². The third kappa shape index (κ3) is 4.84. The molecule has 0 bridgehead atoms. The number of hydrogen-bond donors (Lipinski definition) is 0. The van der Waals surface area contributed by atoms with Crippen LogP contribution in [0.25, 0.3) is 10.4 Å². The lowest BCUT2D eigenvalue weighted by Crippen LogP contribution is -2.03. The summed E-state index contributed by atoms with van der Waals surface area (Å²) in [5.41, 5.74) is 4.77. The van der Waals surface area contributed by atoms with E-state index in [-0.39, 0.29) is 6.10 Å². The summed E-state index contributed by atoms with van der Waals surface area (Å²) < 4.78 is 5.25. The first-order chi connectivity index (χ1) is 7.33. The van der Waals surface area contributed by atoms with Crippen LogP contribution in [0.3, 0.4) is 0 Å². The van der Waals surface area contributed by atoms with Crippen molar-refractivity contribution in [1.82, 2.24) is 0 Å². The minimum atomic E-state index is -0.171. The molecule has 0 saturated carbocycles. The van der Waals surface area contributed by atoms with E-state index in [0.717, 1.165) is 5.69 Å².